The fourth-order valence-corrected chi connectivity index (χ4v) is 2.59. The lowest BCUT2D eigenvalue weighted by Gasteiger charge is -2.34. The number of nitrogens with zero attached hydrogens (tertiary/aromatic N) is 2. The van der Waals surface area contributed by atoms with E-state index in [0.717, 1.165) is 5.56 Å². The molecule has 4 nitrogen and oxygen atoms in total. The highest BCUT2D eigenvalue weighted by atomic mass is 19.4. The molecular weight excluding hydrogens is 295 g/mol. The number of likely N-dealkylation sites (tertiary alicyclic amines) is 1. The number of piperidine rings is 1. The van der Waals surface area contributed by atoms with Gasteiger partial charge in [-0.1, -0.05) is 0 Å². The molecule has 1 aliphatic heterocycles. The van der Waals surface area contributed by atoms with E-state index >= 15 is 0 Å². The molecule has 2 unspecified atom stereocenters. The molecule has 2 rings (SSSR count). The number of alkyl halides is 3. The maximum atomic E-state index is 12.8. The van der Waals surface area contributed by atoms with E-state index in [1.54, 1.807) is 12.4 Å². The van der Waals surface area contributed by atoms with Crippen molar-refractivity contribution >= 4 is 5.91 Å². The molecule has 0 bridgehead atoms. The van der Waals surface area contributed by atoms with Gasteiger partial charge in [0.25, 0.3) is 0 Å². The third-order valence-corrected chi connectivity index (χ3v) is 4.00. The molecule has 1 aromatic heterocycles. The van der Waals surface area contributed by atoms with Gasteiger partial charge < -0.3 is 10.2 Å². The minimum absolute atomic E-state index is 0.0358. The summed E-state index contributed by atoms with van der Waals surface area (Å²) in [4.78, 5) is 17.3. The van der Waals surface area contributed by atoms with Crippen LogP contribution in [0, 0.1) is 5.92 Å². The second-order valence-electron chi connectivity index (χ2n) is 5.60. The van der Waals surface area contributed by atoms with E-state index in [9.17, 15) is 18.0 Å². The van der Waals surface area contributed by atoms with E-state index in [1.165, 1.54) is 4.90 Å². The van der Waals surface area contributed by atoms with Crippen LogP contribution in [0.4, 0.5) is 13.2 Å². The van der Waals surface area contributed by atoms with Crippen LogP contribution in [-0.4, -0.2) is 41.6 Å². The maximum Gasteiger partial charge on any atom is 0.393 e. The lowest BCUT2D eigenvalue weighted by molar-refractivity contribution is -0.187. The van der Waals surface area contributed by atoms with E-state index < -0.39 is 12.1 Å². The monoisotopic (exact) mass is 315 g/mol. The van der Waals surface area contributed by atoms with Crippen molar-refractivity contribution in [1.29, 1.82) is 0 Å². The summed E-state index contributed by atoms with van der Waals surface area (Å²) in [7, 11) is 0. The standard InChI is InChI=1S/C15H20F3N3O/c1-11(12-4-6-19-7-5-12)20-9-14(22)21-8-2-3-13(10-21)15(16,17)18/h4-7,11,13,20H,2-3,8-10H2,1H3. The average molecular weight is 315 g/mol. The van der Waals surface area contributed by atoms with Crippen molar-refractivity contribution in [3.63, 3.8) is 0 Å². The second kappa shape index (κ2) is 7.09. The van der Waals surface area contributed by atoms with Crippen LogP contribution >= 0.6 is 0 Å². The highest BCUT2D eigenvalue weighted by molar-refractivity contribution is 5.78. The summed E-state index contributed by atoms with van der Waals surface area (Å²) in [6.45, 7) is 2.11. The first-order chi connectivity index (χ1) is 10.4. The van der Waals surface area contributed by atoms with Gasteiger partial charge in [0.15, 0.2) is 0 Å². The van der Waals surface area contributed by atoms with Gasteiger partial charge in [0.05, 0.1) is 12.5 Å². The van der Waals surface area contributed by atoms with Crippen LogP contribution in [0.1, 0.15) is 31.4 Å². The number of pyridine rings is 1. The SMILES string of the molecule is CC(NCC(=O)N1CCCC(C(F)(F)F)C1)c1ccncc1. The van der Waals surface area contributed by atoms with Gasteiger partial charge in [-0.05, 0) is 37.5 Å². The summed E-state index contributed by atoms with van der Waals surface area (Å²) < 4.78 is 38.3. The Morgan fingerprint density at radius 2 is 2.14 bits per heavy atom. The topological polar surface area (TPSA) is 45.2 Å². The first-order valence-corrected chi connectivity index (χ1v) is 7.35. The van der Waals surface area contributed by atoms with Gasteiger partial charge in [-0.25, -0.2) is 0 Å². The largest absolute Gasteiger partial charge is 0.393 e. The Balaban J connectivity index is 1.84. The van der Waals surface area contributed by atoms with Gasteiger partial charge in [-0.3, -0.25) is 9.78 Å². The molecule has 1 aliphatic rings. The summed E-state index contributed by atoms with van der Waals surface area (Å²) >= 11 is 0. The molecule has 1 N–H and O–H groups in total. The number of nitrogens with one attached hydrogen (secondary N) is 1. The molecule has 0 saturated carbocycles. The van der Waals surface area contributed by atoms with Crippen molar-refractivity contribution in [2.45, 2.75) is 32.0 Å². The summed E-state index contributed by atoms with van der Waals surface area (Å²) in [5, 5.41) is 3.05. The van der Waals surface area contributed by atoms with E-state index in [1.807, 2.05) is 19.1 Å². The van der Waals surface area contributed by atoms with Crippen LogP contribution in [0.5, 0.6) is 0 Å². The van der Waals surface area contributed by atoms with Crippen molar-refractivity contribution in [2.75, 3.05) is 19.6 Å². The number of rotatable bonds is 4. The van der Waals surface area contributed by atoms with Crippen molar-refractivity contribution < 1.29 is 18.0 Å². The number of halogens is 3. The Morgan fingerprint density at radius 3 is 2.77 bits per heavy atom. The predicted molar refractivity (Wildman–Crippen MR) is 76.0 cm³/mol. The number of carbonyl (C=O) groups is 1. The Morgan fingerprint density at radius 1 is 1.45 bits per heavy atom. The minimum atomic E-state index is -4.23. The Labute approximate surface area is 127 Å². The van der Waals surface area contributed by atoms with Gasteiger partial charge in [0, 0.05) is 31.5 Å². The summed E-state index contributed by atoms with van der Waals surface area (Å²) in [5.74, 6) is -1.68. The summed E-state index contributed by atoms with van der Waals surface area (Å²) in [6.07, 6.45) is -0.400. The number of hydrogen-bond donors (Lipinski definition) is 1. The van der Waals surface area contributed by atoms with E-state index in [0.29, 0.717) is 13.0 Å². The molecule has 2 heterocycles. The third-order valence-electron chi connectivity index (χ3n) is 4.00. The van der Waals surface area contributed by atoms with Crippen LogP contribution in [-0.2, 0) is 4.79 Å². The Hall–Kier alpha value is -1.63. The predicted octanol–water partition coefficient (Wildman–Crippen LogP) is 2.53. The molecule has 1 fully saturated rings. The minimum Gasteiger partial charge on any atom is -0.341 e. The van der Waals surface area contributed by atoms with E-state index in [2.05, 4.69) is 10.3 Å². The molecule has 1 amide bonds. The highest BCUT2D eigenvalue weighted by Crippen LogP contribution is 2.33. The maximum absolute atomic E-state index is 12.8. The molecule has 122 valence electrons. The average Bonchev–Trinajstić information content (AvgIpc) is 2.52. The lowest BCUT2D eigenvalue weighted by Crippen LogP contribution is -2.47. The summed E-state index contributed by atoms with van der Waals surface area (Å²) in [5.41, 5.74) is 0.981. The molecule has 0 aromatic carbocycles. The fraction of sp³-hybridized carbons (Fsp3) is 0.600. The van der Waals surface area contributed by atoms with Gasteiger partial charge >= 0.3 is 6.18 Å². The molecule has 1 saturated heterocycles. The number of aromatic nitrogens is 1. The fourth-order valence-electron chi connectivity index (χ4n) is 2.59. The Kier molecular flexibility index (Phi) is 5.39. The van der Waals surface area contributed by atoms with E-state index in [-0.39, 0.29) is 31.5 Å². The lowest BCUT2D eigenvalue weighted by atomic mass is 9.97. The highest BCUT2D eigenvalue weighted by Gasteiger charge is 2.42. The van der Waals surface area contributed by atoms with Crippen LogP contribution in [0.25, 0.3) is 0 Å². The quantitative estimate of drug-likeness (QED) is 0.929. The molecule has 0 radical (unpaired) electrons. The zero-order valence-electron chi connectivity index (χ0n) is 12.4. The number of hydrogen-bond acceptors (Lipinski definition) is 3. The number of carbonyl (C=O) groups excluding carboxylic acids is 1. The molecule has 7 heteroatoms. The second-order valence-corrected chi connectivity index (χ2v) is 5.60. The zero-order valence-corrected chi connectivity index (χ0v) is 12.4. The van der Waals surface area contributed by atoms with Crippen LogP contribution in [0.2, 0.25) is 0 Å². The molecule has 0 spiro atoms. The zero-order chi connectivity index (χ0) is 16.2. The molecule has 2 atom stereocenters. The van der Waals surface area contributed by atoms with Gasteiger partial charge in [-0.15, -0.1) is 0 Å². The normalized spacial score (nSPS) is 20.7. The van der Waals surface area contributed by atoms with Crippen LogP contribution < -0.4 is 5.32 Å². The first-order valence-electron chi connectivity index (χ1n) is 7.35. The van der Waals surface area contributed by atoms with Crippen molar-refractivity contribution in [1.82, 2.24) is 15.2 Å². The first kappa shape index (κ1) is 16.7. The van der Waals surface area contributed by atoms with E-state index in [4.69, 9.17) is 0 Å². The Bertz CT molecular complexity index is 493. The van der Waals surface area contributed by atoms with Gasteiger partial charge in [0.2, 0.25) is 5.91 Å². The number of amides is 1. The van der Waals surface area contributed by atoms with Gasteiger partial charge in [0.1, 0.15) is 0 Å². The molecule has 1 aromatic rings. The van der Waals surface area contributed by atoms with Crippen molar-refractivity contribution in [2.24, 2.45) is 5.92 Å². The smallest absolute Gasteiger partial charge is 0.341 e. The van der Waals surface area contributed by atoms with Crippen LogP contribution in [0.15, 0.2) is 24.5 Å². The molecule has 0 aliphatic carbocycles. The van der Waals surface area contributed by atoms with Gasteiger partial charge in [-0.2, -0.15) is 13.2 Å². The van der Waals surface area contributed by atoms with Crippen molar-refractivity contribution in [3.05, 3.63) is 30.1 Å². The van der Waals surface area contributed by atoms with Crippen LogP contribution in [0.3, 0.4) is 0 Å². The third kappa shape index (κ3) is 4.43. The molecule has 22 heavy (non-hydrogen) atoms. The van der Waals surface area contributed by atoms with Crippen molar-refractivity contribution in [3.8, 4) is 0 Å². The summed E-state index contributed by atoms with van der Waals surface area (Å²) in [6, 6.07) is 3.61. The molecular formula is C15H20F3N3O.